The number of benzene rings is 1. The Balaban J connectivity index is 2.12. The monoisotopic (exact) mass is 333 g/mol. The SMILES string of the molecule is O=C(NC(CCO)C1CCOCC1)c1cc(F)c(Cl)cc1F. The topological polar surface area (TPSA) is 58.6 Å². The summed E-state index contributed by atoms with van der Waals surface area (Å²) in [5.74, 6) is -2.29. The molecule has 1 saturated heterocycles. The van der Waals surface area contributed by atoms with Gasteiger partial charge in [-0.05, 0) is 37.3 Å². The first kappa shape index (κ1) is 17.1. The maximum absolute atomic E-state index is 13.8. The number of amides is 1. The van der Waals surface area contributed by atoms with Gasteiger partial charge in [0.2, 0.25) is 0 Å². The first-order chi connectivity index (χ1) is 10.5. The van der Waals surface area contributed by atoms with Crippen LogP contribution < -0.4 is 5.32 Å². The minimum Gasteiger partial charge on any atom is -0.396 e. The summed E-state index contributed by atoms with van der Waals surface area (Å²) in [7, 11) is 0. The van der Waals surface area contributed by atoms with Crippen molar-refractivity contribution in [2.45, 2.75) is 25.3 Å². The van der Waals surface area contributed by atoms with E-state index in [9.17, 15) is 13.6 Å². The number of rotatable bonds is 5. The molecule has 1 aromatic rings. The molecule has 1 heterocycles. The summed E-state index contributed by atoms with van der Waals surface area (Å²) >= 11 is 5.47. The molecule has 22 heavy (non-hydrogen) atoms. The number of halogens is 3. The highest BCUT2D eigenvalue weighted by Crippen LogP contribution is 2.23. The van der Waals surface area contributed by atoms with Gasteiger partial charge in [0.15, 0.2) is 0 Å². The van der Waals surface area contributed by atoms with Crippen LogP contribution in [0.3, 0.4) is 0 Å². The van der Waals surface area contributed by atoms with Gasteiger partial charge in [-0.15, -0.1) is 0 Å². The van der Waals surface area contributed by atoms with Crippen molar-refractivity contribution in [3.8, 4) is 0 Å². The Bertz CT molecular complexity index is 536. The number of hydrogen-bond donors (Lipinski definition) is 2. The second kappa shape index (κ2) is 7.85. The zero-order valence-electron chi connectivity index (χ0n) is 11.9. The Morgan fingerprint density at radius 3 is 2.68 bits per heavy atom. The van der Waals surface area contributed by atoms with Gasteiger partial charge in [-0.3, -0.25) is 4.79 Å². The molecule has 1 fully saturated rings. The van der Waals surface area contributed by atoms with Crippen LogP contribution in [0.4, 0.5) is 8.78 Å². The van der Waals surface area contributed by atoms with E-state index in [-0.39, 0.29) is 23.6 Å². The molecular formula is C15H18ClF2NO3. The molecule has 0 saturated carbocycles. The summed E-state index contributed by atoms with van der Waals surface area (Å²) in [5.41, 5.74) is -0.392. The standard InChI is InChI=1S/C15H18ClF2NO3/c16-11-8-12(17)10(7-13(11)18)15(21)19-14(1-4-20)9-2-5-22-6-3-9/h7-9,14,20H,1-6H2,(H,19,21). The number of nitrogens with one attached hydrogen (secondary N) is 1. The fourth-order valence-corrected chi connectivity index (χ4v) is 2.78. The summed E-state index contributed by atoms with van der Waals surface area (Å²) in [4.78, 5) is 12.2. The van der Waals surface area contributed by atoms with Gasteiger partial charge in [-0.25, -0.2) is 8.78 Å². The van der Waals surface area contributed by atoms with Gasteiger partial charge in [0.1, 0.15) is 11.6 Å². The fourth-order valence-electron chi connectivity index (χ4n) is 2.63. The Kier molecular flexibility index (Phi) is 6.11. The maximum Gasteiger partial charge on any atom is 0.254 e. The number of aliphatic hydroxyl groups is 1. The summed E-state index contributed by atoms with van der Waals surface area (Å²) in [5, 5.41) is 11.5. The Hall–Kier alpha value is -1.24. The van der Waals surface area contributed by atoms with Crippen molar-refractivity contribution in [3.63, 3.8) is 0 Å². The van der Waals surface area contributed by atoms with Crippen molar-refractivity contribution in [2.75, 3.05) is 19.8 Å². The first-order valence-corrected chi connectivity index (χ1v) is 7.54. The summed E-state index contributed by atoms with van der Waals surface area (Å²) in [6, 6.07) is 1.26. The molecule has 7 heteroatoms. The lowest BCUT2D eigenvalue weighted by Gasteiger charge is -2.30. The van der Waals surface area contributed by atoms with Crippen LogP contribution in [0, 0.1) is 17.6 Å². The lowest BCUT2D eigenvalue weighted by atomic mass is 9.89. The molecule has 1 aliphatic heterocycles. The normalized spacial score (nSPS) is 17.3. The molecule has 1 atom stereocenters. The van der Waals surface area contributed by atoms with E-state index in [1.807, 2.05) is 0 Å². The molecule has 2 rings (SSSR count). The average molecular weight is 334 g/mol. The van der Waals surface area contributed by atoms with Crippen LogP contribution >= 0.6 is 11.6 Å². The zero-order valence-corrected chi connectivity index (χ0v) is 12.7. The highest BCUT2D eigenvalue weighted by atomic mass is 35.5. The largest absolute Gasteiger partial charge is 0.396 e. The molecule has 1 amide bonds. The van der Waals surface area contributed by atoms with Gasteiger partial charge >= 0.3 is 0 Å². The second-order valence-corrected chi connectivity index (χ2v) is 5.70. The van der Waals surface area contributed by atoms with Crippen LogP contribution in [0.25, 0.3) is 0 Å². The fraction of sp³-hybridized carbons (Fsp3) is 0.533. The molecule has 2 N–H and O–H groups in total. The van der Waals surface area contributed by atoms with Crippen molar-refractivity contribution in [2.24, 2.45) is 5.92 Å². The van der Waals surface area contributed by atoms with Crippen LogP contribution in [0.15, 0.2) is 12.1 Å². The Morgan fingerprint density at radius 2 is 2.05 bits per heavy atom. The smallest absolute Gasteiger partial charge is 0.254 e. The Labute approximate surface area is 132 Å². The van der Waals surface area contributed by atoms with E-state index < -0.39 is 23.1 Å². The maximum atomic E-state index is 13.8. The van der Waals surface area contributed by atoms with E-state index >= 15 is 0 Å². The zero-order chi connectivity index (χ0) is 16.1. The van der Waals surface area contributed by atoms with Crippen molar-refractivity contribution in [1.29, 1.82) is 0 Å². The average Bonchev–Trinajstić information content (AvgIpc) is 2.51. The molecule has 122 valence electrons. The van der Waals surface area contributed by atoms with Crippen molar-refractivity contribution >= 4 is 17.5 Å². The highest BCUT2D eigenvalue weighted by Gasteiger charge is 2.26. The van der Waals surface area contributed by atoms with E-state index in [0.717, 1.165) is 25.0 Å². The van der Waals surface area contributed by atoms with Crippen LogP contribution in [0.1, 0.15) is 29.6 Å². The van der Waals surface area contributed by atoms with E-state index in [1.165, 1.54) is 0 Å². The van der Waals surface area contributed by atoms with Crippen molar-refractivity contribution in [3.05, 3.63) is 34.4 Å². The second-order valence-electron chi connectivity index (χ2n) is 5.29. The van der Waals surface area contributed by atoms with Crippen molar-refractivity contribution in [1.82, 2.24) is 5.32 Å². The molecular weight excluding hydrogens is 316 g/mol. The van der Waals surface area contributed by atoms with Gasteiger partial charge < -0.3 is 15.2 Å². The van der Waals surface area contributed by atoms with Gasteiger partial charge in [0, 0.05) is 25.9 Å². The number of aliphatic hydroxyl groups excluding tert-OH is 1. The lowest BCUT2D eigenvalue weighted by Crippen LogP contribution is -2.43. The number of ether oxygens (including phenoxy) is 1. The number of hydrogen-bond acceptors (Lipinski definition) is 3. The van der Waals surface area contributed by atoms with Crippen molar-refractivity contribution < 1.29 is 23.4 Å². The number of carbonyl (C=O) groups excluding carboxylic acids is 1. The molecule has 1 aromatic carbocycles. The van der Waals surface area contributed by atoms with Crippen LogP contribution in [-0.4, -0.2) is 36.9 Å². The molecule has 1 unspecified atom stereocenters. The predicted molar refractivity (Wildman–Crippen MR) is 77.9 cm³/mol. The van der Waals surface area contributed by atoms with Gasteiger partial charge in [-0.2, -0.15) is 0 Å². The van der Waals surface area contributed by atoms with Crippen LogP contribution in [0.5, 0.6) is 0 Å². The van der Waals surface area contributed by atoms with Crippen LogP contribution in [0.2, 0.25) is 5.02 Å². The first-order valence-electron chi connectivity index (χ1n) is 7.17. The summed E-state index contributed by atoms with van der Waals surface area (Å²) < 4.78 is 32.5. The quantitative estimate of drug-likeness (QED) is 0.814. The van der Waals surface area contributed by atoms with E-state index in [1.54, 1.807) is 0 Å². The van der Waals surface area contributed by atoms with E-state index in [0.29, 0.717) is 19.6 Å². The molecule has 0 radical (unpaired) electrons. The van der Waals surface area contributed by atoms with Gasteiger partial charge in [0.05, 0.1) is 10.6 Å². The number of carbonyl (C=O) groups is 1. The summed E-state index contributed by atoms with van der Waals surface area (Å²) in [6.45, 7) is 1.08. The third-order valence-electron chi connectivity index (χ3n) is 3.85. The minimum atomic E-state index is -0.876. The van der Waals surface area contributed by atoms with Gasteiger partial charge in [-0.1, -0.05) is 11.6 Å². The molecule has 0 bridgehead atoms. The molecule has 4 nitrogen and oxygen atoms in total. The molecule has 1 aliphatic rings. The predicted octanol–water partition coefficient (Wildman–Crippen LogP) is 2.53. The third kappa shape index (κ3) is 4.15. The lowest BCUT2D eigenvalue weighted by molar-refractivity contribution is 0.0478. The van der Waals surface area contributed by atoms with Crippen LogP contribution in [-0.2, 0) is 4.74 Å². The van der Waals surface area contributed by atoms with E-state index in [4.69, 9.17) is 21.4 Å². The molecule has 0 aliphatic carbocycles. The Morgan fingerprint density at radius 1 is 1.36 bits per heavy atom. The highest BCUT2D eigenvalue weighted by molar-refractivity contribution is 6.30. The van der Waals surface area contributed by atoms with Gasteiger partial charge in [0.25, 0.3) is 5.91 Å². The minimum absolute atomic E-state index is 0.0975. The molecule has 0 spiro atoms. The summed E-state index contributed by atoms with van der Waals surface area (Å²) in [6.07, 6.45) is 1.86. The molecule has 0 aromatic heterocycles. The third-order valence-corrected chi connectivity index (χ3v) is 4.14. The van der Waals surface area contributed by atoms with E-state index in [2.05, 4.69) is 5.32 Å².